The average molecular weight is 588 g/mol. The molecule has 1 fully saturated rings. The molecule has 0 bridgehead atoms. The van der Waals surface area contributed by atoms with Crippen LogP contribution < -0.4 is 0 Å². The lowest BCUT2D eigenvalue weighted by Crippen LogP contribution is -2.56. The predicted molar refractivity (Wildman–Crippen MR) is 159 cm³/mol. The van der Waals surface area contributed by atoms with Crippen LogP contribution >= 0.6 is 0 Å². The number of amides is 1. The summed E-state index contributed by atoms with van der Waals surface area (Å²) in [6.45, 7) is 13.2. The van der Waals surface area contributed by atoms with E-state index in [9.17, 15) is 14.7 Å². The number of nitrogens with zero attached hydrogens (tertiary/aromatic N) is 5. The molecule has 1 aromatic heterocycles. The number of likely N-dealkylation sites (tertiary alicyclic amines) is 1. The fraction of sp³-hybridized carbons (Fsp3) is 0.677. The number of carbonyl (C=O) groups is 2. The number of rotatable bonds is 12. The average Bonchev–Trinajstić information content (AvgIpc) is 3.35. The highest BCUT2D eigenvalue weighted by Crippen LogP contribution is 2.32. The molecule has 234 valence electrons. The lowest BCUT2D eigenvalue weighted by molar-refractivity contribution is -0.149. The molecular formula is C31H49N5O6. The first kappa shape index (κ1) is 33.5. The Balaban J connectivity index is 2.01. The van der Waals surface area contributed by atoms with Gasteiger partial charge < -0.3 is 24.2 Å². The van der Waals surface area contributed by atoms with Crippen molar-refractivity contribution in [3.8, 4) is 5.69 Å². The summed E-state index contributed by atoms with van der Waals surface area (Å²) in [7, 11) is 3.04. The number of piperidine rings is 1. The van der Waals surface area contributed by atoms with E-state index in [-0.39, 0.29) is 18.5 Å². The standard InChI is InChI=1S/C31H49N5O6/c1-21(2)18-35(24-17-23(29(38)41-8)19-34(20-24)30(39)42-31(4,5)6)28(37)27-26(15-11-12-16-40-7)36(33-32-27)25-14-10-9-13-22(25)3/h9-10,13-14,21,23-24,28,37H,11-12,15-20H2,1-8H3/t23-,24+,28-/m1/s1. The quantitative estimate of drug-likeness (QED) is 0.220. The molecule has 0 radical (unpaired) electrons. The van der Waals surface area contributed by atoms with Gasteiger partial charge in [-0.25, -0.2) is 9.48 Å². The highest BCUT2D eigenvalue weighted by atomic mass is 16.6. The minimum atomic E-state index is -1.11. The molecule has 3 atom stereocenters. The zero-order valence-electron chi connectivity index (χ0n) is 26.5. The zero-order chi connectivity index (χ0) is 31.0. The van der Waals surface area contributed by atoms with E-state index in [1.54, 1.807) is 12.0 Å². The largest absolute Gasteiger partial charge is 0.469 e. The number of para-hydroxylation sites is 1. The fourth-order valence-electron chi connectivity index (χ4n) is 5.43. The molecule has 2 aromatic rings. The summed E-state index contributed by atoms with van der Waals surface area (Å²) in [4.78, 5) is 29.4. The molecule has 42 heavy (non-hydrogen) atoms. The van der Waals surface area contributed by atoms with Gasteiger partial charge in [0.2, 0.25) is 0 Å². The number of benzene rings is 1. The summed E-state index contributed by atoms with van der Waals surface area (Å²) >= 11 is 0. The third kappa shape index (κ3) is 8.75. The van der Waals surface area contributed by atoms with E-state index in [1.807, 2.05) is 61.5 Å². The number of aliphatic hydroxyl groups is 1. The van der Waals surface area contributed by atoms with Crippen LogP contribution in [0.2, 0.25) is 0 Å². The first-order chi connectivity index (χ1) is 19.9. The molecule has 1 saturated heterocycles. The molecule has 1 aromatic carbocycles. The number of aliphatic hydroxyl groups excluding tert-OH is 1. The van der Waals surface area contributed by atoms with Crippen LogP contribution in [0.3, 0.4) is 0 Å². The highest BCUT2D eigenvalue weighted by Gasteiger charge is 2.41. The number of aromatic nitrogens is 3. The van der Waals surface area contributed by atoms with Crippen LogP contribution in [0.1, 0.15) is 77.1 Å². The molecule has 1 aliphatic heterocycles. The van der Waals surface area contributed by atoms with E-state index in [4.69, 9.17) is 14.2 Å². The smallest absolute Gasteiger partial charge is 0.410 e. The van der Waals surface area contributed by atoms with Gasteiger partial charge in [0, 0.05) is 39.4 Å². The molecule has 0 spiro atoms. The van der Waals surface area contributed by atoms with Gasteiger partial charge in [-0.3, -0.25) is 9.69 Å². The summed E-state index contributed by atoms with van der Waals surface area (Å²) in [5.74, 6) is -0.763. The van der Waals surface area contributed by atoms with Crippen molar-refractivity contribution in [3.05, 3.63) is 41.2 Å². The summed E-state index contributed by atoms with van der Waals surface area (Å²) in [6.07, 6.45) is 1.15. The van der Waals surface area contributed by atoms with Crippen molar-refractivity contribution in [2.45, 2.75) is 85.1 Å². The van der Waals surface area contributed by atoms with Gasteiger partial charge in [0.1, 0.15) is 11.3 Å². The van der Waals surface area contributed by atoms with Gasteiger partial charge in [-0.2, -0.15) is 0 Å². The number of hydrogen-bond acceptors (Lipinski definition) is 9. The van der Waals surface area contributed by atoms with Crippen molar-refractivity contribution >= 4 is 12.1 Å². The summed E-state index contributed by atoms with van der Waals surface area (Å²) in [5, 5.41) is 21.0. The molecule has 11 nitrogen and oxygen atoms in total. The molecule has 2 heterocycles. The maximum absolute atomic E-state index is 13.2. The maximum Gasteiger partial charge on any atom is 0.410 e. The highest BCUT2D eigenvalue weighted by molar-refractivity contribution is 5.75. The van der Waals surface area contributed by atoms with Crippen LogP contribution in [-0.4, -0.2) is 94.1 Å². The van der Waals surface area contributed by atoms with Crippen molar-refractivity contribution in [2.75, 3.05) is 40.5 Å². The van der Waals surface area contributed by atoms with Gasteiger partial charge in [-0.15, -0.1) is 5.10 Å². The number of ether oxygens (including phenoxy) is 3. The second-order valence-electron chi connectivity index (χ2n) is 12.5. The molecule has 3 rings (SSSR count). The number of unbranched alkanes of at least 4 members (excludes halogenated alkanes) is 1. The Hall–Kier alpha value is -3.02. The maximum atomic E-state index is 13.2. The molecule has 1 aliphatic rings. The Morgan fingerprint density at radius 2 is 1.86 bits per heavy atom. The van der Waals surface area contributed by atoms with E-state index in [0.29, 0.717) is 38.2 Å². The third-order valence-corrected chi connectivity index (χ3v) is 7.37. The zero-order valence-corrected chi connectivity index (χ0v) is 26.5. The van der Waals surface area contributed by atoms with Crippen molar-refractivity contribution < 1.29 is 28.9 Å². The normalized spacial score (nSPS) is 18.4. The van der Waals surface area contributed by atoms with Gasteiger partial charge >= 0.3 is 12.1 Å². The van der Waals surface area contributed by atoms with Crippen molar-refractivity contribution in [1.82, 2.24) is 24.8 Å². The second-order valence-corrected chi connectivity index (χ2v) is 12.5. The number of carbonyl (C=O) groups excluding carboxylic acids is 2. The first-order valence-electron chi connectivity index (χ1n) is 14.8. The lowest BCUT2D eigenvalue weighted by Gasteiger charge is -2.44. The van der Waals surface area contributed by atoms with Crippen LogP contribution in [0.25, 0.3) is 5.69 Å². The number of aryl methyl sites for hydroxylation is 1. The van der Waals surface area contributed by atoms with Gasteiger partial charge in [-0.05, 0) is 70.9 Å². The SMILES string of the molecule is COCCCCc1c([C@@H](O)N(CC(C)C)[C@H]2C[C@@H](C(=O)OC)CN(C(=O)OC(C)(C)C)C2)nnn1-c1ccccc1C. The molecule has 11 heteroatoms. The predicted octanol–water partition coefficient (Wildman–Crippen LogP) is 4.29. The monoisotopic (exact) mass is 587 g/mol. The summed E-state index contributed by atoms with van der Waals surface area (Å²) in [6, 6.07) is 7.60. The number of methoxy groups -OCH3 is 2. The van der Waals surface area contributed by atoms with Crippen molar-refractivity contribution in [2.24, 2.45) is 11.8 Å². The van der Waals surface area contributed by atoms with Crippen LogP contribution in [0.5, 0.6) is 0 Å². The van der Waals surface area contributed by atoms with E-state index >= 15 is 0 Å². The number of esters is 1. The third-order valence-electron chi connectivity index (χ3n) is 7.37. The van der Waals surface area contributed by atoms with Gasteiger partial charge in [-0.1, -0.05) is 37.3 Å². The Kier molecular flexibility index (Phi) is 11.9. The number of hydrogen-bond donors (Lipinski definition) is 1. The van der Waals surface area contributed by atoms with Crippen LogP contribution in [0.4, 0.5) is 4.79 Å². The second kappa shape index (κ2) is 14.9. The Morgan fingerprint density at radius 1 is 1.14 bits per heavy atom. The van der Waals surface area contributed by atoms with Crippen LogP contribution in [0.15, 0.2) is 24.3 Å². The first-order valence-corrected chi connectivity index (χ1v) is 14.8. The molecule has 0 aliphatic carbocycles. The van der Waals surface area contributed by atoms with Gasteiger partial charge in [0.15, 0.2) is 6.23 Å². The van der Waals surface area contributed by atoms with E-state index in [0.717, 1.165) is 29.8 Å². The Morgan fingerprint density at radius 3 is 2.48 bits per heavy atom. The van der Waals surface area contributed by atoms with Crippen molar-refractivity contribution in [3.63, 3.8) is 0 Å². The van der Waals surface area contributed by atoms with Crippen LogP contribution in [-0.2, 0) is 25.4 Å². The van der Waals surface area contributed by atoms with E-state index in [1.165, 1.54) is 7.11 Å². The van der Waals surface area contributed by atoms with E-state index in [2.05, 4.69) is 24.2 Å². The van der Waals surface area contributed by atoms with Gasteiger partial charge in [0.05, 0.1) is 24.4 Å². The summed E-state index contributed by atoms with van der Waals surface area (Å²) < 4.78 is 17.8. The van der Waals surface area contributed by atoms with Crippen molar-refractivity contribution in [1.29, 1.82) is 0 Å². The lowest BCUT2D eigenvalue weighted by atomic mass is 9.92. The molecule has 1 amide bonds. The minimum absolute atomic E-state index is 0.185. The topological polar surface area (TPSA) is 119 Å². The summed E-state index contributed by atoms with van der Waals surface area (Å²) in [5.41, 5.74) is 2.56. The fourth-order valence-corrected chi connectivity index (χ4v) is 5.43. The molecule has 1 N–H and O–H groups in total. The molecule has 0 saturated carbocycles. The minimum Gasteiger partial charge on any atom is -0.469 e. The molecule has 0 unspecified atom stereocenters. The molecular weight excluding hydrogens is 538 g/mol. The Labute approximate surface area is 250 Å². The van der Waals surface area contributed by atoms with Crippen LogP contribution in [0, 0.1) is 18.8 Å². The Bertz CT molecular complexity index is 1180. The van der Waals surface area contributed by atoms with E-state index < -0.39 is 29.8 Å². The van der Waals surface area contributed by atoms with Gasteiger partial charge in [0.25, 0.3) is 0 Å².